The molecule has 5 nitrogen and oxygen atoms in total. The van der Waals surface area contributed by atoms with Crippen molar-refractivity contribution in [1.29, 1.82) is 0 Å². The molecule has 2 heterocycles. The number of aromatic nitrogens is 3. The highest BCUT2D eigenvalue weighted by Crippen LogP contribution is 2.15. The van der Waals surface area contributed by atoms with E-state index in [9.17, 15) is 4.79 Å². The number of anilines is 1. The third-order valence-corrected chi connectivity index (χ3v) is 1.83. The van der Waals surface area contributed by atoms with E-state index in [1.165, 1.54) is 6.33 Å². The molecule has 1 atom stereocenters. The Bertz CT molecular complexity index is 341. The summed E-state index contributed by atoms with van der Waals surface area (Å²) in [6, 6.07) is 0.0131. The fourth-order valence-corrected chi connectivity index (χ4v) is 1.11. The smallest absolute Gasteiger partial charge is 0.225 e. The standard InChI is InChI=1S/C7H8N4O/c1-5-6(3-12)2-11-7(10-5)8-4-9-11/h2-5H,1H3,(H,8,9,10). The van der Waals surface area contributed by atoms with Crippen molar-refractivity contribution >= 4 is 18.4 Å². The second-order valence-corrected chi connectivity index (χ2v) is 2.64. The summed E-state index contributed by atoms with van der Waals surface area (Å²) in [5.74, 6) is 0.674. The Balaban J connectivity index is 2.46. The van der Waals surface area contributed by atoms with E-state index >= 15 is 0 Å². The van der Waals surface area contributed by atoms with E-state index in [0.29, 0.717) is 11.5 Å². The highest BCUT2D eigenvalue weighted by Gasteiger charge is 2.16. The summed E-state index contributed by atoms with van der Waals surface area (Å²) in [5.41, 5.74) is 0.674. The molecule has 2 rings (SSSR count). The van der Waals surface area contributed by atoms with Crippen molar-refractivity contribution in [2.75, 3.05) is 5.32 Å². The second-order valence-electron chi connectivity index (χ2n) is 2.64. The summed E-state index contributed by atoms with van der Waals surface area (Å²) in [6.07, 6.45) is 3.94. The van der Waals surface area contributed by atoms with E-state index in [1.54, 1.807) is 10.9 Å². The molecule has 1 N–H and O–H groups in total. The van der Waals surface area contributed by atoms with Crippen molar-refractivity contribution in [3.05, 3.63) is 11.9 Å². The van der Waals surface area contributed by atoms with Crippen LogP contribution in [0.25, 0.3) is 6.20 Å². The molecule has 1 aliphatic heterocycles. The lowest BCUT2D eigenvalue weighted by molar-refractivity contribution is -0.105. The molecule has 1 unspecified atom stereocenters. The van der Waals surface area contributed by atoms with Crippen LogP contribution in [0.4, 0.5) is 5.95 Å². The molecule has 0 bridgehead atoms. The lowest BCUT2D eigenvalue weighted by Crippen LogP contribution is -2.25. The van der Waals surface area contributed by atoms with Crippen LogP contribution < -0.4 is 5.32 Å². The SMILES string of the molecule is CC1Nc2ncnn2C=C1C=O. The summed E-state index contributed by atoms with van der Waals surface area (Å²) >= 11 is 0. The zero-order valence-electron chi connectivity index (χ0n) is 6.56. The minimum atomic E-state index is 0.0131. The van der Waals surface area contributed by atoms with Gasteiger partial charge in [-0.3, -0.25) is 4.79 Å². The van der Waals surface area contributed by atoms with Crippen LogP contribution in [0.3, 0.4) is 0 Å². The average molecular weight is 164 g/mol. The molecule has 0 aliphatic carbocycles. The van der Waals surface area contributed by atoms with Gasteiger partial charge in [-0.1, -0.05) is 0 Å². The van der Waals surface area contributed by atoms with Gasteiger partial charge in [0.25, 0.3) is 0 Å². The van der Waals surface area contributed by atoms with Gasteiger partial charge in [0.15, 0.2) is 0 Å². The number of fused-ring (bicyclic) bond motifs is 1. The van der Waals surface area contributed by atoms with Crippen LogP contribution in [0.1, 0.15) is 6.92 Å². The van der Waals surface area contributed by atoms with Crippen LogP contribution in [-0.2, 0) is 4.79 Å². The number of carbonyl (C=O) groups excluding carboxylic acids is 1. The lowest BCUT2D eigenvalue weighted by Gasteiger charge is -2.18. The molecule has 0 fully saturated rings. The predicted octanol–water partition coefficient (Wildman–Crippen LogP) is 0.132. The van der Waals surface area contributed by atoms with Crippen molar-refractivity contribution in [3.8, 4) is 0 Å². The topological polar surface area (TPSA) is 59.8 Å². The molecule has 0 radical (unpaired) electrons. The van der Waals surface area contributed by atoms with E-state index < -0.39 is 0 Å². The first-order valence-corrected chi connectivity index (χ1v) is 3.64. The van der Waals surface area contributed by atoms with Crippen LogP contribution in [-0.4, -0.2) is 27.1 Å². The number of rotatable bonds is 1. The molecule has 0 amide bonds. The Morgan fingerprint density at radius 3 is 3.33 bits per heavy atom. The van der Waals surface area contributed by atoms with Gasteiger partial charge in [0, 0.05) is 11.8 Å². The van der Waals surface area contributed by atoms with E-state index in [2.05, 4.69) is 15.4 Å². The molecule has 0 saturated carbocycles. The third kappa shape index (κ3) is 0.903. The van der Waals surface area contributed by atoms with Crippen LogP contribution in [0, 0.1) is 0 Å². The van der Waals surface area contributed by atoms with Crippen LogP contribution in [0.2, 0.25) is 0 Å². The Kier molecular flexibility index (Phi) is 1.43. The maximum Gasteiger partial charge on any atom is 0.225 e. The van der Waals surface area contributed by atoms with E-state index in [1.807, 2.05) is 6.92 Å². The quantitative estimate of drug-likeness (QED) is 0.599. The summed E-state index contributed by atoms with van der Waals surface area (Å²) in [4.78, 5) is 14.5. The Labute approximate surface area is 69.1 Å². The van der Waals surface area contributed by atoms with E-state index in [-0.39, 0.29) is 6.04 Å². The minimum absolute atomic E-state index is 0.0131. The molecule has 0 aromatic carbocycles. The van der Waals surface area contributed by atoms with Gasteiger partial charge in [-0.15, -0.1) is 0 Å². The number of carbonyl (C=O) groups is 1. The highest BCUT2D eigenvalue weighted by molar-refractivity contribution is 5.82. The molecular formula is C7H8N4O. The molecular weight excluding hydrogens is 156 g/mol. The third-order valence-electron chi connectivity index (χ3n) is 1.83. The monoisotopic (exact) mass is 164 g/mol. The number of nitrogens with one attached hydrogen (secondary N) is 1. The number of hydrogen-bond donors (Lipinski definition) is 1. The van der Waals surface area contributed by atoms with Crippen LogP contribution in [0.5, 0.6) is 0 Å². The largest absolute Gasteiger partial charge is 0.347 e. The first-order valence-electron chi connectivity index (χ1n) is 3.64. The second kappa shape index (κ2) is 2.44. The van der Waals surface area contributed by atoms with Crippen molar-refractivity contribution in [1.82, 2.24) is 14.8 Å². The molecule has 12 heavy (non-hydrogen) atoms. The maximum absolute atomic E-state index is 10.5. The van der Waals surface area contributed by atoms with Gasteiger partial charge >= 0.3 is 0 Å². The predicted molar refractivity (Wildman–Crippen MR) is 43.4 cm³/mol. The first kappa shape index (κ1) is 7.02. The molecule has 0 spiro atoms. The van der Waals surface area contributed by atoms with Crippen molar-refractivity contribution < 1.29 is 4.79 Å². The van der Waals surface area contributed by atoms with Crippen molar-refractivity contribution in [2.45, 2.75) is 13.0 Å². The summed E-state index contributed by atoms with van der Waals surface area (Å²) < 4.78 is 1.55. The van der Waals surface area contributed by atoms with Crippen LogP contribution >= 0.6 is 0 Å². The Hall–Kier alpha value is -1.65. The molecule has 62 valence electrons. The Morgan fingerprint density at radius 1 is 1.75 bits per heavy atom. The van der Waals surface area contributed by atoms with Crippen molar-refractivity contribution in [2.24, 2.45) is 0 Å². The van der Waals surface area contributed by atoms with E-state index in [4.69, 9.17) is 0 Å². The first-order chi connectivity index (χ1) is 5.81. The lowest BCUT2D eigenvalue weighted by atomic mass is 10.1. The molecule has 1 aromatic rings. The van der Waals surface area contributed by atoms with Gasteiger partial charge in [0.1, 0.15) is 12.6 Å². The number of hydrogen-bond acceptors (Lipinski definition) is 4. The zero-order valence-corrected chi connectivity index (χ0v) is 6.56. The summed E-state index contributed by atoms with van der Waals surface area (Å²) in [5, 5.41) is 6.93. The molecule has 1 aliphatic rings. The number of nitrogens with zero attached hydrogens (tertiary/aromatic N) is 3. The maximum atomic E-state index is 10.5. The van der Waals surface area contributed by atoms with Gasteiger partial charge < -0.3 is 5.32 Å². The van der Waals surface area contributed by atoms with Gasteiger partial charge in [-0.05, 0) is 6.92 Å². The normalized spacial score (nSPS) is 20.8. The number of aldehydes is 1. The fourth-order valence-electron chi connectivity index (χ4n) is 1.11. The van der Waals surface area contributed by atoms with Gasteiger partial charge in [0.2, 0.25) is 5.95 Å². The van der Waals surface area contributed by atoms with Crippen molar-refractivity contribution in [3.63, 3.8) is 0 Å². The molecule has 1 aromatic heterocycles. The molecule has 5 heteroatoms. The van der Waals surface area contributed by atoms with Gasteiger partial charge in [0.05, 0.1) is 6.04 Å². The van der Waals surface area contributed by atoms with Gasteiger partial charge in [-0.2, -0.15) is 10.1 Å². The average Bonchev–Trinajstić information content (AvgIpc) is 2.49. The summed E-state index contributed by atoms with van der Waals surface area (Å²) in [6.45, 7) is 1.90. The minimum Gasteiger partial charge on any atom is -0.347 e. The zero-order chi connectivity index (χ0) is 8.55. The fraction of sp³-hybridized carbons (Fsp3) is 0.286. The van der Waals surface area contributed by atoms with E-state index in [0.717, 1.165) is 6.29 Å². The summed E-state index contributed by atoms with van der Waals surface area (Å²) in [7, 11) is 0. The van der Waals surface area contributed by atoms with Gasteiger partial charge in [-0.25, -0.2) is 4.68 Å². The molecule has 0 saturated heterocycles. The Morgan fingerprint density at radius 2 is 2.58 bits per heavy atom. The van der Waals surface area contributed by atoms with Crippen LogP contribution in [0.15, 0.2) is 11.9 Å². The highest BCUT2D eigenvalue weighted by atomic mass is 16.1.